The van der Waals surface area contributed by atoms with Crippen LogP contribution in [0.1, 0.15) is 105 Å². The highest BCUT2D eigenvalue weighted by molar-refractivity contribution is 6.40. The summed E-state index contributed by atoms with van der Waals surface area (Å²) in [6.45, 7) is 19.7. The number of carbonyl (C=O) groups is 5. The fourth-order valence-corrected chi connectivity index (χ4v) is 11.9. The third-order valence-corrected chi connectivity index (χ3v) is 18.2. The van der Waals surface area contributed by atoms with Crippen molar-refractivity contribution in [2.75, 3.05) is 66.9 Å². The van der Waals surface area contributed by atoms with Crippen LogP contribution in [-0.4, -0.2) is 129 Å². The Labute approximate surface area is 675 Å². The van der Waals surface area contributed by atoms with E-state index in [4.69, 9.17) is 56.0 Å². The van der Waals surface area contributed by atoms with E-state index in [9.17, 15) is 46.6 Å². The Kier molecular flexibility index (Phi) is 31.1. The van der Waals surface area contributed by atoms with Gasteiger partial charge in [0.05, 0.1) is 25.5 Å². The number of carboxylic acids is 1. The second kappa shape index (κ2) is 41.0. The third kappa shape index (κ3) is 24.1. The molecule has 0 spiro atoms. The molecule has 2 aliphatic heterocycles. The van der Waals surface area contributed by atoms with Crippen LogP contribution in [0.5, 0.6) is 23.0 Å². The van der Waals surface area contributed by atoms with Crippen LogP contribution in [0.3, 0.4) is 0 Å². The monoisotopic (exact) mass is 1630 g/mol. The van der Waals surface area contributed by atoms with Gasteiger partial charge in [-0.1, -0.05) is 99.6 Å². The number of amides is 1. The first-order valence-electron chi connectivity index (χ1n) is 37.5. The lowest BCUT2D eigenvalue weighted by atomic mass is 10.00. The highest BCUT2D eigenvalue weighted by Crippen LogP contribution is 2.39. The number of carbonyl (C=O) groups excluding carboxylic acids is 4. The minimum absolute atomic E-state index is 0.0176. The smallest absolute Gasteiger partial charge is 0.399 e. The summed E-state index contributed by atoms with van der Waals surface area (Å²) in [4.78, 5) is 59.3. The van der Waals surface area contributed by atoms with Crippen molar-refractivity contribution in [1.29, 1.82) is 0 Å². The zero-order chi connectivity index (χ0) is 85.6. The van der Waals surface area contributed by atoms with Gasteiger partial charge in [0.2, 0.25) is 0 Å². The SMILES string of the molecule is CCOC(=O)C(=O)c1cc2cc(C)ccc2o1.CCOC(=O)C(F)(F)c1cc2cc(C)ccc2o1.COC(COc1ccc(C)cc1)OC.Cc1ccc(O)cc1.Cc1ccc2oc(C(F)(F)C(=O)N[C@H](CN3CCCC3)[C@H](O)c3ccc4c(c3)OCCO4)cc2c1.Cc1ccc2oc(C(F)(F)C(=O)O)cc2c1.Cc1ccc2occc2c1. The number of aliphatic carboxylic acids is 1. The van der Waals surface area contributed by atoms with Gasteiger partial charge >= 0.3 is 41.5 Å². The van der Waals surface area contributed by atoms with E-state index >= 15 is 8.78 Å². The molecular formula is C90H92F6N2O20. The van der Waals surface area contributed by atoms with E-state index in [2.05, 4.69) is 27.8 Å². The second-order valence-electron chi connectivity index (χ2n) is 27.7. The molecule has 1 fully saturated rings. The fourth-order valence-electron chi connectivity index (χ4n) is 11.9. The lowest BCUT2D eigenvalue weighted by Gasteiger charge is -2.30. The Bertz CT molecular complexity index is 5500. The number of halogens is 6. The number of Topliss-reactive ketones (excluding diaryl/α,β-unsaturated/α-hetero) is 1. The Hall–Kier alpha value is -12.4. The standard InChI is InChI=1S/C26H28F2N2O5.C13H12F2O3.C13H12O4.C11H8F2O3.C11H16O3.C9H8O.C7H8O/c1-16-4-6-20-18(12-16)14-23(35-20)26(27,28)25(32)29-19(15-30-8-2-3-9-30)24(31)17-5-7-21-22(13-17)34-11-10-33-21;1-3-17-12(16)13(14,15)11-7-9-6-8(2)4-5-10(9)18-11;1-3-16-13(15)12(14)11-7-9-6-8(2)4-5-10(9)17-11;1-6-2-3-8-7(4-6)5-9(16-8)11(12,13)10(14)15;1-9-4-6-10(7-5-9)14-8-11(12-2)13-3;1-7-2-3-9-8(6-7)4-5-10-9;1-6-2-4-7(8)5-3-6/h4-7,12-14,19,24,31H,2-3,8-11,15H2,1H3,(H,29,32);4-7H,3H2,1-2H3;4-7H,3H2,1-2H3;2-5H,1H3,(H,14,15);4-7,11H,8H2,1-3H3;2-6H,1H3;2-5,8H,1H3/t19-,24-;;;;;;/m1....../s1. The van der Waals surface area contributed by atoms with E-state index in [1.54, 1.807) is 125 Å². The number of likely N-dealkylation sites (tertiary alicyclic amines) is 1. The van der Waals surface area contributed by atoms with Crippen molar-refractivity contribution in [3.05, 3.63) is 262 Å². The van der Waals surface area contributed by atoms with E-state index < -0.39 is 76.8 Å². The molecule has 15 rings (SSSR count). The van der Waals surface area contributed by atoms with Gasteiger partial charge in [0.25, 0.3) is 5.91 Å². The number of furan rings is 5. The first-order valence-corrected chi connectivity index (χ1v) is 37.5. The number of nitrogens with zero attached hydrogens (tertiary/aromatic N) is 1. The Morgan fingerprint density at radius 1 is 0.492 bits per heavy atom. The third-order valence-electron chi connectivity index (χ3n) is 18.2. The number of rotatable bonds is 20. The van der Waals surface area contributed by atoms with Gasteiger partial charge < -0.3 is 80.8 Å². The maximum atomic E-state index is 15.2. The number of phenolic OH excluding ortho intramolecular Hbond substituents is 1. The van der Waals surface area contributed by atoms with Gasteiger partial charge in [-0.3, -0.25) is 9.59 Å². The molecule has 0 unspecified atom stereocenters. The molecule has 22 nitrogen and oxygen atoms in total. The number of ketones is 1. The Morgan fingerprint density at radius 3 is 1.42 bits per heavy atom. The van der Waals surface area contributed by atoms with Gasteiger partial charge in [0, 0.05) is 47.7 Å². The molecule has 0 radical (unpaired) electrons. The summed E-state index contributed by atoms with van der Waals surface area (Å²) < 4.78 is 145. The molecule has 28 heteroatoms. The summed E-state index contributed by atoms with van der Waals surface area (Å²) in [6.07, 6.45) is 2.13. The van der Waals surface area contributed by atoms with Crippen molar-refractivity contribution in [3.8, 4) is 23.0 Å². The molecule has 118 heavy (non-hydrogen) atoms. The summed E-state index contributed by atoms with van der Waals surface area (Å²) in [5, 5.41) is 34.2. The highest BCUT2D eigenvalue weighted by Gasteiger charge is 2.48. The number of hydrogen-bond acceptors (Lipinski definition) is 20. The number of benzene rings is 8. The molecule has 1 saturated heterocycles. The number of alkyl halides is 6. The minimum atomic E-state index is -3.99. The van der Waals surface area contributed by atoms with Gasteiger partial charge in [-0.25, -0.2) is 14.4 Å². The van der Waals surface area contributed by atoms with Crippen LogP contribution < -0.4 is 19.5 Å². The first kappa shape index (κ1) is 89.6. The van der Waals surface area contributed by atoms with Crippen molar-refractivity contribution in [2.24, 2.45) is 0 Å². The number of aromatic hydroxyl groups is 1. The summed E-state index contributed by atoms with van der Waals surface area (Å²) >= 11 is 0. The zero-order valence-corrected chi connectivity index (χ0v) is 66.8. The largest absolute Gasteiger partial charge is 0.508 e. The number of aliphatic hydroxyl groups is 1. The summed E-state index contributed by atoms with van der Waals surface area (Å²) in [7, 11) is 3.18. The summed E-state index contributed by atoms with van der Waals surface area (Å²) in [5.74, 6) is -18.7. The molecule has 8 aromatic carbocycles. The molecule has 1 amide bonds. The van der Waals surface area contributed by atoms with Crippen LogP contribution in [0.15, 0.2) is 216 Å². The summed E-state index contributed by atoms with van der Waals surface area (Å²) in [5.41, 5.74) is 10.3. The van der Waals surface area contributed by atoms with Crippen molar-refractivity contribution in [2.45, 2.75) is 111 Å². The lowest BCUT2D eigenvalue weighted by Crippen LogP contribution is -2.50. The predicted octanol–water partition coefficient (Wildman–Crippen LogP) is 19.2. The number of methoxy groups -OCH3 is 2. The number of phenols is 1. The maximum absolute atomic E-state index is 15.2. The molecule has 13 aromatic rings. The molecule has 0 bridgehead atoms. The molecule has 5 aromatic heterocycles. The highest BCUT2D eigenvalue weighted by atomic mass is 19.3. The fraction of sp³-hybridized carbons (Fsp3) is 0.300. The van der Waals surface area contributed by atoms with Gasteiger partial charge in [-0.15, -0.1) is 0 Å². The number of nitrogens with one attached hydrogen (secondary N) is 1. The number of aliphatic hydroxyl groups excluding tert-OH is 1. The van der Waals surface area contributed by atoms with Crippen molar-refractivity contribution >= 4 is 84.4 Å². The van der Waals surface area contributed by atoms with Crippen molar-refractivity contribution in [1.82, 2.24) is 10.2 Å². The van der Waals surface area contributed by atoms with Crippen molar-refractivity contribution < 1.29 is 121 Å². The first-order chi connectivity index (χ1) is 56.2. The van der Waals surface area contributed by atoms with Gasteiger partial charge in [-0.05, 0) is 221 Å². The van der Waals surface area contributed by atoms with Crippen LogP contribution in [0.2, 0.25) is 0 Å². The lowest BCUT2D eigenvalue weighted by molar-refractivity contribution is -0.175. The van der Waals surface area contributed by atoms with Crippen LogP contribution in [0, 0.1) is 48.5 Å². The molecule has 624 valence electrons. The van der Waals surface area contributed by atoms with Crippen LogP contribution >= 0.6 is 0 Å². The predicted molar refractivity (Wildman–Crippen MR) is 429 cm³/mol. The summed E-state index contributed by atoms with van der Waals surface area (Å²) in [6, 6.07) is 52.6. The average molecular weight is 1640 g/mol. The number of esters is 2. The van der Waals surface area contributed by atoms with E-state index in [1.807, 2.05) is 106 Å². The number of hydrogen-bond donors (Lipinski definition) is 4. The number of ether oxygens (including phenoxy) is 7. The van der Waals surface area contributed by atoms with E-state index in [1.165, 1.54) is 47.2 Å². The maximum Gasteiger partial charge on any atom is 0.399 e. The van der Waals surface area contributed by atoms with E-state index in [-0.39, 0.29) is 43.0 Å². The van der Waals surface area contributed by atoms with Crippen LogP contribution in [0.4, 0.5) is 26.3 Å². The molecule has 4 N–H and O–H groups in total. The molecule has 2 aliphatic rings. The second-order valence-corrected chi connectivity index (χ2v) is 27.7. The van der Waals surface area contributed by atoms with Gasteiger partial charge in [0.1, 0.15) is 65.3 Å². The molecule has 0 saturated carbocycles. The van der Waals surface area contributed by atoms with Crippen molar-refractivity contribution in [3.63, 3.8) is 0 Å². The topological polar surface area (TPSA) is 292 Å². The quantitative estimate of drug-likeness (QED) is 0.0181. The molecule has 0 aliphatic carbocycles. The Morgan fingerprint density at radius 2 is 0.932 bits per heavy atom. The zero-order valence-electron chi connectivity index (χ0n) is 66.8. The molecule has 7 heterocycles. The van der Waals surface area contributed by atoms with Gasteiger partial charge in [0.15, 0.2) is 40.8 Å². The number of carboxylic acid groups (broad SMARTS) is 1. The Balaban J connectivity index is 0.000000166. The van der Waals surface area contributed by atoms with Crippen LogP contribution in [-0.2, 0) is 55.9 Å². The molecule has 2 atom stereocenters. The minimum Gasteiger partial charge on any atom is -0.508 e. The van der Waals surface area contributed by atoms with Crippen LogP contribution in [0.25, 0.3) is 54.8 Å². The number of fused-ring (bicyclic) bond motifs is 6. The normalized spacial score (nSPS) is 13.0. The van der Waals surface area contributed by atoms with E-state index in [0.717, 1.165) is 71.0 Å². The average Bonchev–Trinajstić information content (AvgIpc) is 1.76. The van der Waals surface area contributed by atoms with E-state index in [0.29, 0.717) is 70.0 Å². The van der Waals surface area contributed by atoms with Gasteiger partial charge in [-0.2, -0.15) is 26.3 Å². The number of aryl methyl sites for hydroxylation is 7. The molecular weight excluding hydrogens is 1540 g/mol.